The van der Waals surface area contributed by atoms with Crippen molar-refractivity contribution in [1.29, 1.82) is 10.5 Å². The molecule has 0 radical (unpaired) electrons. The van der Waals surface area contributed by atoms with E-state index < -0.39 is 20.5 Å². The summed E-state index contributed by atoms with van der Waals surface area (Å²) in [4.78, 5) is 18.2. The highest BCUT2D eigenvalue weighted by molar-refractivity contribution is 7.46. The first-order valence-corrected chi connectivity index (χ1v) is 16.2. The van der Waals surface area contributed by atoms with Gasteiger partial charge >= 0.3 is 7.82 Å². The van der Waals surface area contributed by atoms with E-state index in [1.165, 1.54) is 83.5 Å². The van der Waals surface area contributed by atoms with Gasteiger partial charge in [-0.1, -0.05) is 103 Å². The highest BCUT2D eigenvalue weighted by Crippen LogP contribution is 2.36. The van der Waals surface area contributed by atoms with Gasteiger partial charge in [-0.3, -0.25) is 4.52 Å². The lowest BCUT2D eigenvalue weighted by molar-refractivity contribution is 0.0177. The second kappa shape index (κ2) is 21.8. The molecule has 0 saturated heterocycles. The number of benzene rings is 1. The molecule has 2 N–H and O–H groups in total. The molecule has 0 heterocycles. The van der Waals surface area contributed by atoms with Crippen LogP contribution in [0.2, 0.25) is 0 Å². The van der Waals surface area contributed by atoms with E-state index in [4.69, 9.17) is 19.3 Å². The summed E-state index contributed by atoms with van der Waals surface area (Å²) in [5.41, 5.74) is 1.08. The van der Waals surface area contributed by atoms with E-state index in [0.717, 1.165) is 24.8 Å². The first-order chi connectivity index (χ1) is 18.8. The number of unbranched alkanes of at least 4 members (excludes halogenated alkanes) is 15. The van der Waals surface area contributed by atoms with Crippen LogP contribution in [0, 0.1) is 29.6 Å². The molecule has 1 atom stereocenters. The topological polar surface area (TPSA) is 133 Å². The van der Waals surface area contributed by atoms with Crippen LogP contribution in [0.4, 0.5) is 0 Å². The van der Waals surface area contributed by atoms with E-state index in [-0.39, 0.29) is 23.5 Å². The monoisotopic (exact) mass is 564 g/mol. The lowest BCUT2D eigenvalue weighted by Gasteiger charge is -2.21. The molecule has 1 rings (SSSR count). The molecule has 1 aromatic rings. The Kier molecular flexibility index (Phi) is 19.7. The second-order valence-electron chi connectivity index (χ2n) is 10.3. The van der Waals surface area contributed by atoms with Crippen molar-refractivity contribution in [2.75, 3.05) is 19.8 Å². The summed E-state index contributed by atoms with van der Waals surface area (Å²) in [6.07, 6.45) is 19.7. The maximum Gasteiger partial charge on any atom is 0.469 e. The fourth-order valence-corrected chi connectivity index (χ4v) is 4.86. The Morgan fingerprint density at radius 3 is 1.62 bits per heavy atom. The molecule has 0 aliphatic carbocycles. The van der Waals surface area contributed by atoms with E-state index in [1.54, 1.807) is 19.1 Å². The summed E-state index contributed by atoms with van der Waals surface area (Å²) in [6, 6.07) is 7.19. The van der Waals surface area contributed by atoms with Crippen molar-refractivity contribution in [3.05, 3.63) is 28.8 Å². The Morgan fingerprint density at radius 2 is 1.21 bits per heavy atom. The smallest absolute Gasteiger partial charge is 0.469 e. The molecule has 0 amide bonds. The molecule has 0 bridgehead atoms. The highest BCUT2D eigenvalue weighted by atomic mass is 31.2. The van der Waals surface area contributed by atoms with E-state index in [1.807, 2.05) is 12.1 Å². The Labute approximate surface area is 235 Å². The Bertz CT molecular complexity index is 886. The van der Waals surface area contributed by atoms with E-state index in [0.29, 0.717) is 6.61 Å². The first kappa shape index (κ1) is 35.1. The molecule has 0 aliphatic rings. The minimum atomic E-state index is -4.71. The Balaban J connectivity index is 2.23. The average Bonchev–Trinajstić information content (AvgIpc) is 2.90. The van der Waals surface area contributed by atoms with Crippen LogP contribution in [0.15, 0.2) is 12.1 Å². The van der Waals surface area contributed by atoms with Gasteiger partial charge in [-0.15, -0.1) is 0 Å². The van der Waals surface area contributed by atoms with Gasteiger partial charge in [0, 0.05) is 6.61 Å². The van der Waals surface area contributed by atoms with Crippen LogP contribution in [0.1, 0.15) is 126 Å². The minimum absolute atomic E-state index is 0.0162. The lowest BCUT2D eigenvalue weighted by Crippen LogP contribution is -2.29. The lowest BCUT2D eigenvalue weighted by atomic mass is 10.0. The molecule has 0 aliphatic heterocycles. The number of hydrogen-bond donors (Lipinski definition) is 2. The molecule has 0 aromatic heterocycles. The van der Waals surface area contributed by atoms with Crippen molar-refractivity contribution in [1.82, 2.24) is 0 Å². The summed E-state index contributed by atoms with van der Waals surface area (Å²) in [5.74, 6) is 0.0657. The van der Waals surface area contributed by atoms with Gasteiger partial charge < -0.3 is 19.3 Å². The zero-order valence-electron chi connectivity index (χ0n) is 24.0. The molecule has 220 valence electrons. The third-order valence-electron chi connectivity index (χ3n) is 6.63. The molecule has 8 nitrogen and oxygen atoms in total. The van der Waals surface area contributed by atoms with Gasteiger partial charge in [-0.25, -0.2) is 4.57 Å². The van der Waals surface area contributed by atoms with E-state index in [9.17, 15) is 15.1 Å². The van der Waals surface area contributed by atoms with Crippen molar-refractivity contribution in [3.8, 4) is 17.9 Å². The Hall–Kier alpha value is -1.93. The van der Waals surface area contributed by atoms with Crippen LogP contribution in [-0.2, 0) is 13.8 Å². The molecule has 9 heteroatoms. The Morgan fingerprint density at radius 1 is 0.769 bits per heavy atom. The molecule has 1 unspecified atom stereocenters. The summed E-state index contributed by atoms with van der Waals surface area (Å²) in [7, 11) is -4.71. The van der Waals surface area contributed by atoms with Gasteiger partial charge in [0.25, 0.3) is 0 Å². The van der Waals surface area contributed by atoms with Crippen LogP contribution in [-0.4, -0.2) is 35.7 Å². The quantitative estimate of drug-likeness (QED) is 0.0957. The third kappa shape index (κ3) is 18.1. The summed E-state index contributed by atoms with van der Waals surface area (Å²) < 4.78 is 27.3. The first-order valence-electron chi connectivity index (χ1n) is 14.7. The highest BCUT2D eigenvalue weighted by Gasteiger charge is 2.22. The fraction of sp³-hybridized carbons (Fsp3) is 0.733. The number of ether oxygens (including phenoxy) is 2. The molecular formula is C30H49N2O6P. The van der Waals surface area contributed by atoms with Crippen LogP contribution in [0.25, 0.3) is 0 Å². The number of phosphoric ester groups is 1. The third-order valence-corrected chi connectivity index (χ3v) is 7.12. The zero-order valence-corrected chi connectivity index (χ0v) is 24.9. The standard InChI is InChI=1S/C30H49N2O6P/c1-3-4-5-6-7-8-9-10-11-12-13-14-15-16-17-18-19-36-24-29(25-37-39(33,34)35)38-30-27(22-31)20-26(2)21-28(30)23-32/h20-21,29H,3-19,24-25H2,1-2H3,(H2,33,34,35). The normalized spacial score (nSPS) is 12.2. The second-order valence-corrected chi connectivity index (χ2v) is 11.6. The predicted octanol–water partition coefficient (Wildman–Crippen LogP) is 7.87. The van der Waals surface area contributed by atoms with Crippen LogP contribution < -0.4 is 4.74 Å². The van der Waals surface area contributed by atoms with Crippen molar-refractivity contribution >= 4 is 7.82 Å². The van der Waals surface area contributed by atoms with Gasteiger partial charge in [-0.2, -0.15) is 10.5 Å². The van der Waals surface area contributed by atoms with Crippen molar-refractivity contribution in [3.63, 3.8) is 0 Å². The number of nitriles is 2. The van der Waals surface area contributed by atoms with Crippen LogP contribution in [0.5, 0.6) is 5.75 Å². The van der Waals surface area contributed by atoms with E-state index >= 15 is 0 Å². The number of phosphoric acid groups is 1. The van der Waals surface area contributed by atoms with Gasteiger partial charge in [0.2, 0.25) is 0 Å². The molecule has 0 saturated carbocycles. The van der Waals surface area contributed by atoms with Gasteiger partial charge in [0.1, 0.15) is 18.2 Å². The van der Waals surface area contributed by atoms with Gasteiger partial charge in [-0.05, 0) is 31.0 Å². The number of nitrogens with zero attached hydrogens (tertiary/aromatic N) is 2. The van der Waals surface area contributed by atoms with Crippen molar-refractivity contribution in [2.45, 2.75) is 123 Å². The SMILES string of the molecule is CCCCCCCCCCCCCCCCCCOCC(COP(=O)(O)O)Oc1c(C#N)cc(C)cc1C#N. The number of aryl methyl sites for hydroxylation is 1. The molecular weight excluding hydrogens is 515 g/mol. The van der Waals surface area contributed by atoms with Gasteiger partial charge in [0.05, 0.1) is 24.3 Å². The summed E-state index contributed by atoms with van der Waals surface area (Å²) >= 11 is 0. The number of rotatable bonds is 24. The summed E-state index contributed by atoms with van der Waals surface area (Å²) in [5, 5.41) is 18.9. The van der Waals surface area contributed by atoms with Gasteiger partial charge in [0.15, 0.2) is 5.75 Å². The molecule has 0 spiro atoms. The maximum absolute atomic E-state index is 11.2. The molecule has 0 fully saturated rings. The average molecular weight is 565 g/mol. The van der Waals surface area contributed by atoms with E-state index in [2.05, 4.69) is 11.4 Å². The summed E-state index contributed by atoms with van der Waals surface area (Å²) in [6.45, 7) is 4.09. The maximum atomic E-state index is 11.2. The van der Waals surface area contributed by atoms with Crippen molar-refractivity contribution < 1.29 is 28.3 Å². The minimum Gasteiger partial charge on any atom is -0.483 e. The van der Waals surface area contributed by atoms with Crippen LogP contribution in [0.3, 0.4) is 0 Å². The van der Waals surface area contributed by atoms with Crippen molar-refractivity contribution in [2.24, 2.45) is 0 Å². The largest absolute Gasteiger partial charge is 0.483 e. The fourth-order valence-electron chi connectivity index (χ4n) is 4.50. The zero-order chi connectivity index (χ0) is 28.8. The molecule has 1 aromatic carbocycles. The predicted molar refractivity (Wildman–Crippen MR) is 153 cm³/mol. The number of hydrogen-bond acceptors (Lipinski definition) is 6. The molecule has 39 heavy (non-hydrogen) atoms. The van der Waals surface area contributed by atoms with Crippen LogP contribution >= 0.6 is 7.82 Å².